The molecule has 0 unspecified atom stereocenters. The molecule has 1 aromatic rings. The summed E-state index contributed by atoms with van der Waals surface area (Å²) in [6.45, 7) is -0.420. The van der Waals surface area contributed by atoms with Gasteiger partial charge in [0.15, 0.2) is 0 Å². The van der Waals surface area contributed by atoms with Crippen molar-refractivity contribution in [2.75, 3.05) is 13.9 Å². The minimum Gasteiger partial charge on any atom is -0.469 e. The maximum absolute atomic E-state index is 11.1. The number of hydrogen-bond acceptors (Lipinski definition) is 4. The summed E-state index contributed by atoms with van der Waals surface area (Å²) in [4.78, 5) is 11.1. The number of rotatable bonds is 5. The van der Waals surface area contributed by atoms with E-state index in [0.717, 1.165) is 5.56 Å². The first kappa shape index (κ1) is 11.7. The quantitative estimate of drug-likeness (QED) is 0.587. The Bertz CT molecular complexity index is 297. The summed E-state index contributed by atoms with van der Waals surface area (Å²) in [7, 11) is 1.32. The predicted octanol–water partition coefficient (Wildman–Crippen LogP) is 1.26. The van der Waals surface area contributed by atoms with Crippen LogP contribution < -0.4 is 0 Å². The van der Waals surface area contributed by atoms with Crippen LogP contribution in [0.3, 0.4) is 0 Å². The lowest BCUT2D eigenvalue weighted by atomic mass is 10.1. The van der Waals surface area contributed by atoms with E-state index in [2.05, 4.69) is 4.74 Å². The molecule has 1 aromatic carbocycles. The van der Waals surface area contributed by atoms with Crippen LogP contribution in [0.25, 0.3) is 0 Å². The molecule has 1 N–H and O–H groups in total. The molecule has 0 fully saturated rings. The number of methoxy groups -OCH3 is 1. The van der Waals surface area contributed by atoms with E-state index >= 15 is 0 Å². The van der Waals surface area contributed by atoms with Gasteiger partial charge in [0.05, 0.1) is 19.6 Å². The Morgan fingerprint density at radius 1 is 1.40 bits per heavy atom. The molecule has 15 heavy (non-hydrogen) atoms. The van der Waals surface area contributed by atoms with E-state index < -0.39 is 12.9 Å². The highest BCUT2D eigenvalue weighted by Crippen LogP contribution is 2.20. The fraction of sp³-hybridized carbons (Fsp3) is 0.364. The summed E-state index contributed by atoms with van der Waals surface area (Å²) in [5.41, 5.74) is 0.844. The number of hydrogen-bond donors (Lipinski definition) is 1. The van der Waals surface area contributed by atoms with Crippen LogP contribution in [0.5, 0.6) is 0 Å². The van der Waals surface area contributed by atoms with E-state index in [0.29, 0.717) is 0 Å². The van der Waals surface area contributed by atoms with Crippen molar-refractivity contribution in [1.82, 2.24) is 0 Å². The number of carbonyl (C=O) groups excluding carboxylic acids is 1. The number of aliphatic hydroxyl groups excluding tert-OH is 1. The monoisotopic (exact) mass is 210 g/mol. The van der Waals surface area contributed by atoms with Gasteiger partial charge in [-0.05, 0) is 5.56 Å². The summed E-state index contributed by atoms with van der Waals surface area (Å²) < 4.78 is 9.60. The maximum Gasteiger partial charge on any atom is 0.308 e. The molecule has 0 radical (unpaired) electrons. The zero-order chi connectivity index (χ0) is 11.1. The molecule has 0 aliphatic rings. The number of benzene rings is 1. The minimum atomic E-state index is -0.455. The van der Waals surface area contributed by atoms with Crippen molar-refractivity contribution >= 4 is 5.97 Å². The smallest absolute Gasteiger partial charge is 0.308 e. The van der Waals surface area contributed by atoms with Gasteiger partial charge in [-0.25, -0.2) is 0 Å². The number of esters is 1. The summed E-state index contributed by atoms with van der Waals surface area (Å²) in [6.07, 6.45) is -0.357. The molecule has 0 saturated heterocycles. The lowest BCUT2D eigenvalue weighted by Crippen LogP contribution is -2.12. The molecular weight excluding hydrogens is 196 g/mol. The van der Waals surface area contributed by atoms with Crippen LogP contribution in [0.15, 0.2) is 30.3 Å². The maximum atomic E-state index is 11.1. The second kappa shape index (κ2) is 6.16. The van der Waals surface area contributed by atoms with Crippen molar-refractivity contribution < 1.29 is 19.4 Å². The van der Waals surface area contributed by atoms with Gasteiger partial charge in [-0.3, -0.25) is 4.79 Å². The van der Waals surface area contributed by atoms with Crippen molar-refractivity contribution in [3.05, 3.63) is 35.9 Å². The highest BCUT2D eigenvalue weighted by Gasteiger charge is 2.16. The Kier molecular flexibility index (Phi) is 4.80. The van der Waals surface area contributed by atoms with E-state index in [-0.39, 0.29) is 12.4 Å². The largest absolute Gasteiger partial charge is 0.469 e. The topological polar surface area (TPSA) is 55.8 Å². The molecule has 82 valence electrons. The number of ether oxygens (including phenoxy) is 2. The van der Waals surface area contributed by atoms with E-state index in [1.807, 2.05) is 30.3 Å². The molecule has 0 bridgehead atoms. The van der Waals surface area contributed by atoms with E-state index in [1.54, 1.807) is 0 Å². The van der Waals surface area contributed by atoms with Crippen molar-refractivity contribution in [1.29, 1.82) is 0 Å². The first-order chi connectivity index (χ1) is 7.27. The minimum absolute atomic E-state index is 0.0983. The number of aliphatic hydroxyl groups is 1. The molecule has 0 aliphatic carbocycles. The first-order valence-corrected chi connectivity index (χ1v) is 4.62. The van der Waals surface area contributed by atoms with Gasteiger partial charge >= 0.3 is 5.97 Å². The van der Waals surface area contributed by atoms with Crippen LogP contribution in [-0.2, 0) is 14.3 Å². The van der Waals surface area contributed by atoms with Crippen molar-refractivity contribution in [3.63, 3.8) is 0 Å². The Labute approximate surface area is 88.4 Å². The molecular formula is C11H14O4. The normalized spacial score (nSPS) is 12.1. The molecule has 0 aromatic heterocycles. The van der Waals surface area contributed by atoms with Crippen molar-refractivity contribution in [3.8, 4) is 0 Å². The van der Waals surface area contributed by atoms with Crippen molar-refractivity contribution in [2.24, 2.45) is 0 Å². The third-order valence-electron chi connectivity index (χ3n) is 2.03. The van der Waals surface area contributed by atoms with Crippen molar-refractivity contribution in [2.45, 2.75) is 12.5 Å². The van der Waals surface area contributed by atoms with Crippen LogP contribution in [0, 0.1) is 0 Å². The zero-order valence-corrected chi connectivity index (χ0v) is 8.55. The van der Waals surface area contributed by atoms with Crippen LogP contribution in [0.2, 0.25) is 0 Å². The molecule has 4 nitrogen and oxygen atoms in total. The second-order valence-electron chi connectivity index (χ2n) is 2.98. The molecule has 0 spiro atoms. The predicted molar refractivity (Wildman–Crippen MR) is 54.0 cm³/mol. The van der Waals surface area contributed by atoms with Crippen LogP contribution in [0.1, 0.15) is 18.1 Å². The first-order valence-electron chi connectivity index (χ1n) is 4.62. The summed E-state index contributed by atoms with van der Waals surface area (Å²) in [5.74, 6) is -0.364. The fourth-order valence-electron chi connectivity index (χ4n) is 1.27. The van der Waals surface area contributed by atoms with Gasteiger partial charge in [0, 0.05) is 0 Å². The fourth-order valence-corrected chi connectivity index (χ4v) is 1.27. The molecule has 0 saturated carbocycles. The molecule has 4 heteroatoms. The third kappa shape index (κ3) is 3.69. The Morgan fingerprint density at radius 3 is 2.60 bits per heavy atom. The van der Waals surface area contributed by atoms with Crippen LogP contribution >= 0.6 is 0 Å². The standard InChI is InChI=1S/C11H14O4/c1-14-11(13)7-10(15-8-12)9-5-3-2-4-6-9/h2-6,10,12H,7-8H2,1H3/t10-/m0/s1. The lowest BCUT2D eigenvalue weighted by Gasteiger charge is -2.15. The molecule has 0 heterocycles. The molecule has 0 aliphatic heterocycles. The van der Waals surface area contributed by atoms with Gasteiger partial charge in [-0.2, -0.15) is 0 Å². The zero-order valence-electron chi connectivity index (χ0n) is 8.55. The third-order valence-corrected chi connectivity index (χ3v) is 2.03. The van der Waals surface area contributed by atoms with Gasteiger partial charge in [0.1, 0.15) is 6.79 Å². The average Bonchev–Trinajstić information content (AvgIpc) is 2.29. The molecule has 1 rings (SSSR count). The van der Waals surface area contributed by atoms with Crippen LogP contribution in [0.4, 0.5) is 0 Å². The number of carbonyl (C=O) groups is 1. The van der Waals surface area contributed by atoms with Crippen LogP contribution in [-0.4, -0.2) is 25.0 Å². The Balaban J connectivity index is 2.70. The molecule has 1 atom stereocenters. The second-order valence-corrected chi connectivity index (χ2v) is 2.98. The summed E-state index contributed by atoms with van der Waals surface area (Å²) >= 11 is 0. The average molecular weight is 210 g/mol. The summed E-state index contributed by atoms with van der Waals surface area (Å²) in [6, 6.07) is 9.24. The van der Waals surface area contributed by atoms with E-state index in [9.17, 15) is 4.79 Å². The van der Waals surface area contributed by atoms with E-state index in [1.165, 1.54) is 7.11 Å². The summed E-state index contributed by atoms with van der Waals surface area (Å²) in [5, 5.41) is 8.71. The Hall–Kier alpha value is -1.39. The van der Waals surface area contributed by atoms with Gasteiger partial charge in [-0.15, -0.1) is 0 Å². The molecule has 0 amide bonds. The van der Waals surface area contributed by atoms with Gasteiger partial charge in [0.25, 0.3) is 0 Å². The van der Waals surface area contributed by atoms with E-state index in [4.69, 9.17) is 9.84 Å². The highest BCUT2D eigenvalue weighted by molar-refractivity contribution is 5.70. The van der Waals surface area contributed by atoms with Gasteiger partial charge in [0.2, 0.25) is 0 Å². The SMILES string of the molecule is COC(=O)C[C@H](OCO)c1ccccc1. The highest BCUT2D eigenvalue weighted by atomic mass is 16.6. The lowest BCUT2D eigenvalue weighted by molar-refractivity contribution is -0.146. The van der Waals surface area contributed by atoms with Gasteiger partial charge < -0.3 is 14.6 Å². The van der Waals surface area contributed by atoms with Gasteiger partial charge in [-0.1, -0.05) is 30.3 Å². The Morgan fingerprint density at radius 2 is 2.07 bits per heavy atom.